The van der Waals surface area contributed by atoms with E-state index in [4.69, 9.17) is 14.2 Å². The van der Waals surface area contributed by atoms with Crippen LogP contribution in [0.5, 0.6) is 23.0 Å². The summed E-state index contributed by atoms with van der Waals surface area (Å²) < 4.78 is 77.2. The zero-order valence-corrected chi connectivity index (χ0v) is 11.5. The maximum absolute atomic E-state index is 12.2. The Kier molecular flexibility index (Phi) is 4.58. The summed E-state index contributed by atoms with van der Waals surface area (Å²) in [6.07, 6.45) is 0. The summed E-state index contributed by atoms with van der Waals surface area (Å²) in [5.41, 5.74) is -5.53. The molecule has 6 nitrogen and oxygen atoms in total. The quantitative estimate of drug-likeness (QED) is 0.611. The van der Waals surface area contributed by atoms with Crippen LogP contribution in [0.2, 0.25) is 0 Å². The van der Waals surface area contributed by atoms with Crippen molar-refractivity contribution in [3.63, 3.8) is 0 Å². The summed E-state index contributed by atoms with van der Waals surface area (Å²) >= 11 is 0. The highest BCUT2D eigenvalue weighted by Crippen LogP contribution is 2.41. The molecule has 0 N–H and O–H groups in total. The van der Waals surface area contributed by atoms with E-state index in [1.54, 1.807) is 0 Å². The fourth-order valence-electron chi connectivity index (χ4n) is 1.28. The van der Waals surface area contributed by atoms with Crippen LogP contribution in [-0.2, 0) is 10.1 Å². The second-order valence-electron chi connectivity index (χ2n) is 3.34. The van der Waals surface area contributed by atoms with Gasteiger partial charge in [0.1, 0.15) is 0 Å². The van der Waals surface area contributed by atoms with Crippen LogP contribution in [0.3, 0.4) is 0 Å². The van der Waals surface area contributed by atoms with Gasteiger partial charge in [-0.2, -0.15) is 21.6 Å². The normalized spacial score (nSPS) is 11.9. The predicted octanol–water partition coefficient (Wildman–Crippen LogP) is 1.94. The molecule has 0 aliphatic rings. The summed E-state index contributed by atoms with van der Waals surface area (Å²) in [5, 5.41) is 0. The number of alkyl halides is 3. The molecule has 0 aliphatic heterocycles. The Balaban J connectivity index is 3.28. The fraction of sp³-hybridized carbons (Fsp3) is 0.400. The third-order valence-corrected chi connectivity index (χ3v) is 3.11. The Morgan fingerprint density at radius 2 is 1.40 bits per heavy atom. The van der Waals surface area contributed by atoms with E-state index in [1.165, 1.54) is 21.3 Å². The average molecular weight is 316 g/mol. The summed E-state index contributed by atoms with van der Waals surface area (Å²) in [6, 6.07) is 1.87. The molecule has 0 amide bonds. The molecular formula is C10H11F3O6S. The first-order chi connectivity index (χ1) is 9.16. The van der Waals surface area contributed by atoms with Crippen molar-refractivity contribution in [2.24, 2.45) is 0 Å². The van der Waals surface area contributed by atoms with Crippen molar-refractivity contribution in [1.29, 1.82) is 0 Å². The van der Waals surface area contributed by atoms with E-state index in [2.05, 4.69) is 4.18 Å². The van der Waals surface area contributed by atoms with E-state index in [0.29, 0.717) is 0 Å². The first kappa shape index (κ1) is 16.2. The Bertz CT molecular complexity index is 556. The van der Waals surface area contributed by atoms with Crippen LogP contribution in [-0.4, -0.2) is 35.3 Å². The zero-order chi connectivity index (χ0) is 15.6. The van der Waals surface area contributed by atoms with Crippen LogP contribution in [0, 0.1) is 0 Å². The number of ether oxygens (including phenoxy) is 3. The first-order valence-corrected chi connectivity index (χ1v) is 6.38. The van der Waals surface area contributed by atoms with Gasteiger partial charge in [0, 0.05) is 12.1 Å². The van der Waals surface area contributed by atoms with Crippen molar-refractivity contribution >= 4 is 10.1 Å². The average Bonchev–Trinajstić information content (AvgIpc) is 2.35. The zero-order valence-electron chi connectivity index (χ0n) is 10.6. The smallest absolute Gasteiger partial charge is 0.493 e. The standard InChI is InChI=1S/C10H11F3O6S/c1-16-7-4-6(5-8(17-2)9(7)18-3)19-20(14,15)10(11,12)13/h4-5H,1-3H3. The van der Waals surface area contributed by atoms with Crippen molar-refractivity contribution in [3.8, 4) is 23.0 Å². The molecule has 0 aliphatic carbocycles. The number of hydrogen-bond acceptors (Lipinski definition) is 6. The van der Waals surface area contributed by atoms with Crippen LogP contribution in [0.4, 0.5) is 13.2 Å². The van der Waals surface area contributed by atoms with Gasteiger partial charge in [-0.1, -0.05) is 0 Å². The maximum atomic E-state index is 12.2. The summed E-state index contributed by atoms with van der Waals surface area (Å²) in [6.45, 7) is 0. The van der Waals surface area contributed by atoms with E-state index in [0.717, 1.165) is 12.1 Å². The van der Waals surface area contributed by atoms with Gasteiger partial charge in [0.05, 0.1) is 21.3 Å². The number of halogens is 3. The van der Waals surface area contributed by atoms with Gasteiger partial charge in [0.15, 0.2) is 17.2 Å². The molecule has 0 fully saturated rings. The lowest BCUT2D eigenvalue weighted by Gasteiger charge is -2.15. The summed E-state index contributed by atoms with van der Waals surface area (Å²) in [5.74, 6) is -0.609. The lowest BCUT2D eigenvalue weighted by atomic mass is 10.2. The molecule has 10 heteroatoms. The molecule has 0 saturated heterocycles. The monoisotopic (exact) mass is 316 g/mol. The van der Waals surface area contributed by atoms with Gasteiger partial charge in [0.2, 0.25) is 5.75 Å². The molecule has 0 radical (unpaired) electrons. The highest BCUT2D eigenvalue weighted by Gasteiger charge is 2.48. The van der Waals surface area contributed by atoms with Gasteiger partial charge < -0.3 is 18.4 Å². The van der Waals surface area contributed by atoms with Crippen molar-refractivity contribution in [1.82, 2.24) is 0 Å². The van der Waals surface area contributed by atoms with Crippen LogP contribution < -0.4 is 18.4 Å². The third kappa shape index (κ3) is 3.18. The van der Waals surface area contributed by atoms with E-state index in [-0.39, 0.29) is 17.2 Å². The van der Waals surface area contributed by atoms with Gasteiger partial charge in [-0.25, -0.2) is 0 Å². The summed E-state index contributed by atoms with van der Waals surface area (Å²) in [4.78, 5) is 0. The van der Waals surface area contributed by atoms with Crippen LogP contribution in [0.15, 0.2) is 12.1 Å². The van der Waals surface area contributed by atoms with E-state index < -0.39 is 21.4 Å². The summed E-state index contributed by atoms with van der Waals surface area (Å²) in [7, 11) is -2.04. The molecule has 0 spiro atoms. The lowest BCUT2D eigenvalue weighted by molar-refractivity contribution is -0.0500. The molecule has 0 aromatic heterocycles. The number of hydrogen-bond donors (Lipinski definition) is 0. The highest BCUT2D eigenvalue weighted by atomic mass is 32.2. The maximum Gasteiger partial charge on any atom is 0.534 e. The third-order valence-electron chi connectivity index (χ3n) is 2.13. The van der Waals surface area contributed by atoms with E-state index in [9.17, 15) is 21.6 Å². The first-order valence-electron chi connectivity index (χ1n) is 4.97. The second kappa shape index (κ2) is 5.65. The lowest BCUT2D eigenvalue weighted by Crippen LogP contribution is -2.28. The van der Waals surface area contributed by atoms with Crippen LogP contribution in [0.25, 0.3) is 0 Å². The molecule has 0 unspecified atom stereocenters. The van der Waals surface area contributed by atoms with Crippen molar-refractivity contribution < 1.29 is 40.0 Å². The van der Waals surface area contributed by atoms with Gasteiger partial charge in [-0.3, -0.25) is 0 Å². The van der Waals surface area contributed by atoms with Crippen molar-refractivity contribution in [2.45, 2.75) is 5.51 Å². The topological polar surface area (TPSA) is 71.1 Å². The molecule has 114 valence electrons. The molecule has 1 rings (SSSR count). The molecule has 0 bridgehead atoms. The molecule has 1 aromatic carbocycles. The highest BCUT2D eigenvalue weighted by molar-refractivity contribution is 7.88. The number of benzene rings is 1. The number of rotatable bonds is 5. The Morgan fingerprint density at radius 1 is 0.950 bits per heavy atom. The van der Waals surface area contributed by atoms with Crippen LogP contribution >= 0.6 is 0 Å². The van der Waals surface area contributed by atoms with E-state index in [1.807, 2.05) is 0 Å². The minimum Gasteiger partial charge on any atom is -0.493 e. The SMILES string of the molecule is COc1cc(OS(=O)(=O)C(F)(F)F)cc(OC)c1OC. The van der Waals surface area contributed by atoms with Gasteiger partial charge in [-0.05, 0) is 0 Å². The molecule has 0 saturated carbocycles. The van der Waals surface area contributed by atoms with Gasteiger partial charge >= 0.3 is 15.6 Å². The van der Waals surface area contributed by atoms with Crippen molar-refractivity contribution in [3.05, 3.63) is 12.1 Å². The second-order valence-corrected chi connectivity index (χ2v) is 4.88. The number of methoxy groups -OCH3 is 3. The molecule has 1 aromatic rings. The Morgan fingerprint density at radius 3 is 1.70 bits per heavy atom. The minimum absolute atomic E-state index is 0.0424. The minimum atomic E-state index is -5.77. The largest absolute Gasteiger partial charge is 0.534 e. The molecule has 0 atom stereocenters. The Labute approximate surface area is 113 Å². The van der Waals surface area contributed by atoms with Crippen LogP contribution in [0.1, 0.15) is 0 Å². The molecule has 20 heavy (non-hydrogen) atoms. The predicted molar refractivity (Wildman–Crippen MR) is 61.7 cm³/mol. The Hall–Kier alpha value is -1.84. The molecular weight excluding hydrogens is 305 g/mol. The molecule has 0 heterocycles. The van der Waals surface area contributed by atoms with Gasteiger partial charge in [0.25, 0.3) is 0 Å². The fourth-order valence-corrected chi connectivity index (χ4v) is 1.72. The van der Waals surface area contributed by atoms with Gasteiger partial charge in [-0.15, -0.1) is 0 Å². The van der Waals surface area contributed by atoms with E-state index >= 15 is 0 Å². The van der Waals surface area contributed by atoms with Crippen molar-refractivity contribution in [2.75, 3.05) is 21.3 Å².